The topological polar surface area (TPSA) is 60.5 Å². The number of ether oxygens (including phenoxy) is 2. The van der Waals surface area contributed by atoms with Gasteiger partial charge in [-0.15, -0.1) is 0 Å². The average molecular weight is 579 g/mol. The molecule has 1 heterocycles. The maximum atomic E-state index is 12.4. The average Bonchev–Trinajstić information content (AvgIpc) is 2.60. The minimum Gasteiger partial charge on any atom is -0.486 e. The highest BCUT2D eigenvalue weighted by atomic mass is 127. The molecule has 2 rings (SSSR count). The summed E-state index contributed by atoms with van der Waals surface area (Å²) in [5.74, 6) is 0.529. The number of alkyl carbamates (subject to hydrolysis) is 1. The van der Waals surface area contributed by atoms with Gasteiger partial charge in [0.25, 0.3) is 0 Å². The van der Waals surface area contributed by atoms with Crippen molar-refractivity contribution in [2.24, 2.45) is 5.41 Å². The third kappa shape index (κ3) is 9.45. The summed E-state index contributed by atoms with van der Waals surface area (Å²) in [5.41, 5.74) is 1.26. The van der Waals surface area contributed by atoms with E-state index in [0.717, 1.165) is 14.8 Å². The van der Waals surface area contributed by atoms with E-state index in [1.54, 1.807) is 0 Å². The predicted octanol–water partition coefficient (Wildman–Crippen LogP) is 6.51. The Kier molecular flexibility index (Phi) is 10.4. The number of carbonyl (C=O) groups excluding carboxylic acids is 1. The maximum Gasteiger partial charge on any atom is 0.407 e. The zero-order valence-corrected chi connectivity index (χ0v) is 22.8. The van der Waals surface area contributed by atoms with Crippen molar-refractivity contribution in [1.29, 1.82) is 0 Å². The minimum absolute atomic E-state index is 0. The number of nitrogens with one attached hydrogen (secondary N) is 1. The highest BCUT2D eigenvalue weighted by Crippen LogP contribution is 2.30. The van der Waals surface area contributed by atoms with Crippen molar-refractivity contribution in [3.8, 4) is 5.75 Å². The standard InChI is InChI=1S/C23H30ClIN2O3.H2S/c1-22(2,3)18(26-21(28)30-23(4,5)6)13-16-12-17(19(24)27-20(16)25)29-14-15-10-8-7-9-11-15;/h7-12,18H,13-14H2,1-6H3,(H,26,28);1H2/t18-;/m0./s1. The molecule has 1 N–H and O–H groups in total. The number of amides is 1. The van der Waals surface area contributed by atoms with Crippen molar-refractivity contribution in [2.75, 3.05) is 0 Å². The van der Waals surface area contributed by atoms with E-state index < -0.39 is 11.7 Å². The van der Waals surface area contributed by atoms with E-state index in [9.17, 15) is 4.79 Å². The molecular weight excluding hydrogens is 547 g/mol. The Balaban J connectivity index is 0.00000480. The molecule has 8 heteroatoms. The molecule has 1 aromatic heterocycles. The van der Waals surface area contributed by atoms with Gasteiger partial charge in [-0.2, -0.15) is 13.5 Å². The second-order valence-electron chi connectivity index (χ2n) is 9.27. The molecule has 1 amide bonds. The van der Waals surface area contributed by atoms with Gasteiger partial charge in [-0.05, 0) is 72.4 Å². The molecule has 0 aliphatic carbocycles. The number of carbonyl (C=O) groups is 1. The maximum absolute atomic E-state index is 12.4. The zero-order chi connectivity index (χ0) is 22.5. The molecule has 172 valence electrons. The summed E-state index contributed by atoms with van der Waals surface area (Å²) >= 11 is 8.49. The summed E-state index contributed by atoms with van der Waals surface area (Å²) in [6.45, 7) is 12.2. The van der Waals surface area contributed by atoms with Gasteiger partial charge in [0, 0.05) is 6.04 Å². The number of pyridine rings is 1. The first-order valence-electron chi connectivity index (χ1n) is 9.86. The molecular formula is C23H32ClIN2O3S. The normalized spacial score (nSPS) is 12.5. The molecule has 0 saturated heterocycles. The quantitative estimate of drug-likeness (QED) is 0.313. The van der Waals surface area contributed by atoms with Crippen molar-refractivity contribution >= 4 is 53.8 Å². The molecule has 1 atom stereocenters. The Labute approximate surface area is 211 Å². The van der Waals surface area contributed by atoms with Crippen LogP contribution in [0, 0.1) is 9.12 Å². The minimum atomic E-state index is -0.554. The summed E-state index contributed by atoms with van der Waals surface area (Å²) in [6.07, 6.45) is 0.146. The molecule has 31 heavy (non-hydrogen) atoms. The number of nitrogens with zero attached hydrogens (tertiary/aromatic N) is 1. The van der Waals surface area contributed by atoms with E-state index in [0.29, 0.717) is 23.9 Å². The van der Waals surface area contributed by atoms with E-state index >= 15 is 0 Å². The van der Waals surface area contributed by atoms with Crippen LogP contribution >= 0.6 is 47.7 Å². The van der Waals surface area contributed by atoms with Gasteiger partial charge in [0.1, 0.15) is 15.9 Å². The molecule has 0 saturated carbocycles. The Hall–Kier alpha value is -1.19. The van der Waals surface area contributed by atoms with E-state index in [-0.39, 0.29) is 25.0 Å². The van der Waals surface area contributed by atoms with Crippen molar-refractivity contribution in [3.05, 3.63) is 56.4 Å². The van der Waals surface area contributed by atoms with Crippen molar-refractivity contribution in [1.82, 2.24) is 10.3 Å². The number of aromatic nitrogens is 1. The second kappa shape index (κ2) is 11.6. The molecule has 0 bridgehead atoms. The van der Waals surface area contributed by atoms with E-state index in [4.69, 9.17) is 21.1 Å². The van der Waals surface area contributed by atoms with E-state index in [1.165, 1.54) is 0 Å². The molecule has 0 aliphatic rings. The number of halogens is 2. The van der Waals surface area contributed by atoms with Crippen molar-refractivity contribution in [2.45, 2.75) is 66.2 Å². The highest BCUT2D eigenvalue weighted by Gasteiger charge is 2.29. The lowest BCUT2D eigenvalue weighted by Crippen LogP contribution is -2.47. The summed E-state index contributed by atoms with van der Waals surface area (Å²) in [7, 11) is 0. The number of benzene rings is 1. The van der Waals surface area contributed by atoms with Crippen LogP contribution in [0.3, 0.4) is 0 Å². The molecule has 1 aromatic carbocycles. The van der Waals surface area contributed by atoms with Gasteiger partial charge in [0.15, 0.2) is 10.9 Å². The fourth-order valence-corrected chi connectivity index (χ4v) is 3.67. The lowest BCUT2D eigenvalue weighted by molar-refractivity contribution is 0.0464. The van der Waals surface area contributed by atoms with Gasteiger partial charge in [-0.25, -0.2) is 9.78 Å². The third-order valence-corrected chi connectivity index (χ3v) is 5.57. The molecule has 5 nitrogen and oxygen atoms in total. The smallest absolute Gasteiger partial charge is 0.407 e. The van der Waals surface area contributed by atoms with Crippen LogP contribution in [0.1, 0.15) is 52.7 Å². The molecule has 0 unspecified atom stereocenters. The number of rotatable bonds is 6. The first-order chi connectivity index (χ1) is 13.8. The lowest BCUT2D eigenvalue weighted by atomic mass is 9.83. The molecule has 2 aromatic rings. The van der Waals surface area contributed by atoms with Crippen LogP contribution in [0.5, 0.6) is 5.75 Å². The summed E-state index contributed by atoms with van der Waals surface area (Å²) in [5, 5.41) is 3.34. The Bertz CT molecular complexity index is 868. The van der Waals surface area contributed by atoms with Gasteiger partial charge >= 0.3 is 6.09 Å². The van der Waals surface area contributed by atoms with Crippen LogP contribution in [0.4, 0.5) is 4.79 Å². The monoisotopic (exact) mass is 578 g/mol. The van der Waals surface area contributed by atoms with Crippen LogP contribution in [0.25, 0.3) is 0 Å². The van der Waals surface area contributed by atoms with Crippen LogP contribution in [-0.4, -0.2) is 22.7 Å². The van der Waals surface area contributed by atoms with Gasteiger partial charge in [0.05, 0.1) is 0 Å². The fourth-order valence-electron chi connectivity index (χ4n) is 2.71. The second-order valence-corrected chi connectivity index (χ2v) is 10.7. The van der Waals surface area contributed by atoms with Gasteiger partial charge in [0.2, 0.25) is 0 Å². The first kappa shape index (κ1) is 27.8. The zero-order valence-electron chi connectivity index (χ0n) is 18.9. The number of hydrogen-bond donors (Lipinski definition) is 1. The molecule has 0 fully saturated rings. The Morgan fingerprint density at radius 1 is 1.16 bits per heavy atom. The largest absolute Gasteiger partial charge is 0.486 e. The van der Waals surface area contributed by atoms with Crippen LogP contribution in [-0.2, 0) is 17.8 Å². The van der Waals surface area contributed by atoms with Crippen LogP contribution in [0.2, 0.25) is 5.15 Å². The van der Waals surface area contributed by atoms with Gasteiger partial charge in [-0.1, -0.05) is 62.7 Å². The highest BCUT2D eigenvalue weighted by molar-refractivity contribution is 14.1. The van der Waals surface area contributed by atoms with Crippen LogP contribution < -0.4 is 10.1 Å². The SMILES string of the molecule is CC(C)(C)OC(=O)N[C@@H](Cc1cc(OCc2ccccc2)c(Cl)nc1I)C(C)(C)C.S. The lowest BCUT2D eigenvalue weighted by Gasteiger charge is -2.32. The van der Waals surface area contributed by atoms with E-state index in [2.05, 4.69) is 53.7 Å². The first-order valence-corrected chi connectivity index (χ1v) is 11.3. The van der Waals surface area contributed by atoms with Crippen molar-refractivity contribution < 1.29 is 14.3 Å². The predicted molar refractivity (Wildman–Crippen MR) is 139 cm³/mol. The Morgan fingerprint density at radius 2 is 1.77 bits per heavy atom. The summed E-state index contributed by atoms with van der Waals surface area (Å²) in [4.78, 5) is 16.8. The molecule has 0 radical (unpaired) electrons. The van der Waals surface area contributed by atoms with Gasteiger partial charge < -0.3 is 14.8 Å². The van der Waals surface area contributed by atoms with Crippen LogP contribution in [0.15, 0.2) is 36.4 Å². The van der Waals surface area contributed by atoms with E-state index in [1.807, 2.05) is 57.2 Å². The Morgan fingerprint density at radius 3 is 2.32 bits per heavy atom. The number of hydrogen-bond acceptors (Lipinski definition) is 4. The third-order valence-electron chi connectivity index (χ3n) is 4.37. The molecule has 0 aliphatic heterocycles. The summed E-state index contributed by atoms with van der Waals surface area (Å²) in [6, 6.07) is 11.6. The molecule has 0 spiro atoms. The van der Waals surface area contributed by atoms with Gasteiger partial charge in [-0.3, -0.25) is 0 Å². The van der Waals surface area contributed by atoms with Crippen molar-refractivity contribution in [3.63, 3.8) is 0 Å². The fraction of sp³-hybridized carbons (Fsp3) is 0.478. The summed E-state index contributed by atoms with van der Waals surface area (Å²) < 4.78 is 12.2.